The summed E-state index contributed by atoms with van der Waals surface area (Å²) in [4.78, 5) is 25.0. The number of rotatable bonds is 2. The molecule has 4 fully saturated rings. The molecular formula is C26H34N2O3. The van der Waals surface area contributed by atoms with E-state index in [4.69, 9.17) is 0 Å². The molecule has 3 saturated carbocycles. The molecule has 1 aromatic rings. The third-order valence-electron chi connectivity index (χ3n) is 9.85. The third kappa shape index (κ3) is 3.07. The maximum atomic E-state index is 12.3. The Labute approximate surface area is 185 Å². The molecule has 0 unspecified atom stereocenters. The van der Waals surface area contributed by atoms with Gasteiger partial charge in [0.1, 0.15) is 0 Å². The quantitative estimate of drug-likeness (QED) is 0.444. The number of fused-ring (bicyclic) bond motifs is 5. The molecular weight excluding hydrogens is 388 g/mol. The zero-order valence-corrected chi connectivity index (χ0v) is 19.0. The topological polar surface area (TPSA) is 63.5 Å². The van der Waals surface area contributed by atoms with Gasteiger partial charge in [-0.25, -0.2) is 0 Å². The highest BCUT2D eigenvalue weighted by atomic mass is 16.6. The van der Waals surface area contributed by atoms with Crippen LogP contribution in [0.15, 0.2) is 29.8 Å². The van der Waals surface area contributed by atoms with Crippen molar-refractivity contribution in [2.45, 2.75) is 71.3 Å². The van der Waals surface area contributed by atoms with Gasteiger partial charge in [0, 0.05) is 31.6 Å². The summed E-state index contributed by atoms with van der Waals surface area (Å²) in [5, 5.41) is 11.0. The molecule has 5 heteroatoms. The van der Waals surface area contributed by atoms with Crippen molar-refractivity contribution in [3.63, 3.8) is 0 Å². The Morgan fingerprint density at radius 1 is 1.03 bits per heavy atom. The number of likely N-dealkylation sites (tertiary alicyclic amines) is 1. The van der Waals surface area contributed by atoms with Crippen LogP contribution in [-0.2, 0) is 4.79 Å². The fraction of sp³-hybridized carbons (Fsp3) is 0.654. The lowest BCUT2D eigenvalue weighted by molar-refractivity contribution is -0.384. The average Bonchev–Trinajstić information content (AvgIpc) is 3.08. The molecule has 1 aromatic carbocycles. The number of benzene rings is 1. The lowest BCUT2D eigenvalue weighted by Crippen LogP contribution is -2.61. The van der Waals surface area contributed by atoms with E-state index in [1.165, 1.54) is 31.3 Å². The molecule has 3 aliphatic carbocycles. The molecule has 4 aliphatic rings. The maximum absolute atomic E-state index is 12.3. The first-order valence-corrected chi connectivity index (χ1v) is 12.0. The number of nitro benzene ring substituents is 1. The van der Waals surface area contributed by atoms with Gasteiger partial charge in [-0.1, -0.05) is 25.5 Å². The molecule has 5 nitrogen and oxygen atoms in total. The third-order valence-corrected chi connectivity index (χ3v) is 9.85. The van der Waals surface area contributed by atoms with Crippen molar-refractivity contribution in [2.75, 3.05) is 7.05 Å². The zero-order chi connectivity index (χ0) is 22.0. The smallest absolute Gasteiger partial charge is 0.269 e. The number of non-ortho nitro benzene ring substituents is 1. The molecule has 0 radical (unpaired) electrons. The summed E-state index contributed by atoms with van der Waals surface area (Å²) in [6.45, 7) is 4.95. The highest BCUT2D eigenvalue weighted by Crippen LogP contribution is 2.66. The predicted molar refractivity (Wildman–Crippen MR) is 121 cm³/mol. The van der Waals surface area contributed by atoms with Crippen LogP contribution in [0.1, 0.15) is 70.8 Å². The number of nitro groups is 1. The second kappa shape index (κ2) is 7.18. The van der Waals surface area contributed by atoms with Crippen molar-refractivity contribution in [1.29, 1.82) is 0 Å². The average molecular weight is 423 g/mol. The van der Waals surface area contributed by atoms with Crippen LogP contribution in [0.4, 0.5) is 5.69 Å². The summed E-state index contributed by atoms with van der Waals surface area (Å²) in [6, 6.07) is 7.40. The van der Waals surface area contributed by atoms with Crippen molar-refractivity contribution in [3.8, 4) is 0 Å². The fourth-order valence-corrected chi connectivity index (χ4v) is 8.13. The van der Waals surface area contributed by atoms with E-state index in [-0.39, 0.29) is 21.4 Å². The van der Waals surface area contributed by atoms with Gasteiger partial charge in [-0.05, 0) is 91.2 Å². The van der Waals surface area contributed by atoms with Crippen LogP contribution >= 0.6 is 0 Å². The Balaban J connectivity index is 1.41. The van der Waals surface area contributed by atoms with E-state index in [1.54, 1.807) is 12.1 Å². The van der Waals surface area contributed by atoms with Crippen molar-refractivity contribution in [1.82, 2.24) is 4.90 Å². The lowest BCUT2D eigenvalue weighted by Gasteiger charge is -2.61. The van der Waals surface area contributed by atoms with Gasteiger partial charge in [0.25, 0.3) is 5.69 Å². The van der Waals surface area contributed by atoms with E-state index in [2.05, 4.69) is 24.8 Å². The Kier molecular flexibility index (Phi) is 4.80. The van der Waals surface area contributed by atoms with Gasteiger partial charge in [-0.15, -0.1) is 0 Å². The highest BCUT2D eigenvalue weighted by Gasteiger charge is 2.60. The van der Waals surface area contributed by atoms with E-state index >= 15 is 0 Å². The van der Waals surface area contributed by atoms with Crippen LogP contribution in [0.5, 0.6) is 0 Å². The van der Waals surface area contributed by atoms with Crippen molar-refractivity contribution < 1.29 is 9.72 Å². The molecule has 166 valence electrons. The summed E-state index contributed by atoms with van der Waals surface area (Å²) in [6.07, 6.45) is 11.3. The summed E-state index contributed by atoms with van der Waals surface area (Å²) in [5.74, 6) is 2.52. The summed E-state index contributed by atoms with van der Waals surface area (Å²) >= 11 is 0. The molecule has 0 spiro atoms. The fourth-order valence-electron chi connectivity index (χ4n) is 8.13. The number of carbonyl (C=O) groups excluding carboxylic acids is 1. The highest BCUT2D eigenvalue weighted by molar-refractivity contribution is 5.77. The first-order valence-electron chi connectivity index (χ1n) is 12.0. The van der Waals surface area contributed by atoms with Crippen molar-refractivity contribution in [2.24, 2.45) is 28.6 Å². The van der Waals surface area contributed by atoms with Crippen molar-refractivity contribution >= 4 is 17.7 Å². The number of piperidine rings is 1. The van der Waals surface area contributed by atoms with Gasteiger partial charge in [0.2, 0.25) is 5.91 Å². The number of hydrogen-bond acceptors (Lipinski definition) is 3. The van der Waals surface area contributed by atoms with Gasteiger partial charge in [0.15, 0.2) is 0 Å². The minimum absolute atomic E-state index is 0.152. The van der Waals surface area contributed by atoms with Crippen LogP contribution in [0.25, 0.3) is 6.08 Å². The molecule has 1 heterocycles. The van der Waals surface area contributed by atoms with Gasteiger partial charge >= 0.3 is 0 Å². The maximum Gasteiger partial charge on any atom is 0.269 e. The largest absolute Gasteiger partial charge is 0.342 e. The summed E-state index contributed by atoms with van der Waals surface area (Å²) in [5.41, 5.74) is 3.26. The minimum atomic E-state index is -0.335. The molecule has 0 N–H and O–H groups in total. The second-order valence-corrected chi connectivity index (χ2v) is 11.0. The van der Waals surface area contributed by atoms with Gasteiger partial charge in [-0.2, -0.15) is 0 Å². The van der Waals surface area contributed by atoms with Crippen LogP contribution in [-0.4, -0.2) is 28.8 Å². The first-order chi connectivity index (χ1) is 14.7. The molecule has 1 aliphatic heterocycles. The van der Waals surface area contributed by atoms with Crippen LogP contribution in [0, 0.1) is 38.7 Å². The number of nitrogens with zero attached hydrogens (tertiary/aromatic N) is 2. The summed E-state index contributed by atoms with van der Waals surface area (Å²) in [7, 11) is 2.03. The molecule has 5 rings (SSSR count). The minimum Gasteiger partial charge on any atom is -0.342 e. The van der Waals surface area contributed by atoms with Gasteiger partial charge < -0.3 is 4.90 Å². The monoisotopic (exact) mass is 422 g/mol. The molecule has 0 bridgehead atoms. The van der Waals surface area contributed by atoms with E-state index in [0.29, 0.717) is 18.4 Å². The molecule has 0 aromatic heterocycles. The molecule has 1 amide bonds. The van der Waals surface area contributed by atoms with E-state index in [0.717, 1.165) is 42.6 Å². The lowest BCUT2D eigenvalue weighted by atomic mass is 9.47. The summed E-state index contributed by atoms with van der Waals surface area (Å²) < 4.78 is 0. The normalized spacial score (nSPS) is 40.9. The van der Waals surface area contributed by atoms with Crippen molar-refractivity contribution in [3.05, 3.63) is 45.5 Å². The van der Waals surface area contributed by atoms with Crippen LogP contribution < -0.4 is 0 Å². The first kappa shape index (κ1) is 20.7. The number of amides is 1. The Bertz CT molecular complexity index is 938. The second-order valence-electron chi connectivity index (χ2n) is 11.0. The van der Waals surface area contributed by atoms with E-state index < -0.39 is 0 Å². The number of hydrogen-bond donors (Lipinski definition) is 0. The Morgan fingerprint density at radius 2 is 1.77 bits per heavy atom. The van der Waals surface area contributed by atoms with Crippen LogP contribution in [0.2, 0.25) is 0 Å². The van der Waals surface area contributed by atoms with Gasteiger partial charge in [-0.3, -0.25) is 14.9 Å². The Morgan fingerprint density at radius 3 is 2.48 bits per heavy atom. The predicted octanol–water partition coefficient (Wildman–Crippen LogP) is 5.84. The SMILES string of the molecule is CN1C(=O)CC[C@]2(C)[C@H]3CC[C@]4(C)C(=Cc5ccc([N+](=O)[O-])cc5)CC[C@H]4[C@@H]3CC[C@@H]12. The van der Waals surface area contributed by atoms with E-state index in [1.807, 2.05) is 19.2 Å². The van der Waals surface area contributed by atoms with Gasteiger partial charge in [0.05, 0.1) is 4.92 Å². The standard InChI is InChI=1S/C26H34N2O3/c1-25-14-12-22-20(9-11-23-26(22,2)15-13-24(29)27(23)3)21(25)10-6-18(25)16-17-4-7-19(8-5-17)28(30)31/h4-5,7-8,16,20-23H,6,9-15H2,1-3H3/t20-,21-,22-,23+,25+,26+/m0/s1. The van der Waals surface area contributed by atoms with E-state index in [9.17, 15) is 14.9 Å². The number of carbonyl (C=O) groups is 1. The Hall–Kier alpha value is -2.17. The van der Waals surface area contributed by atoms with Crippen LogP contribution in [0.3, 0.4) is 0 Å². The zero-order valence-electron chi connectivity index (χ0n) is 19.0. The number of allylic oxidation sites excluding steroid dienone is 1. The molecule has 1 saturated heterocycles. The molecule has 31 heavy (non-hydrogen) atoms. The molecule has 6 atom stereocenters.